The van der Waals surface area contributed by atoms with Gasteiger partial charge >= 0.3 is 18.0 Å². The van der Waals surface area contributed by atoms with E-state index >= 15 is 0 Å². The first-order chi connectivity index (χ1) is 17.5. The van der Waals surface area contributed by atoms with Crippen molar-refractivity contribution in [3.05, 3.63) is 63.6 Å². The Balaban J connectivity index is 1.96. The predicted molar refractivity (Wildman–Crippen MR) is 125 cm³/mol. The summed E-state index contributed by atoms with van der Waals surface area (Å²) in [5.74, 6) is -0.650. The van der Waals surface area contributed by atoms with Crippen LogP contribution in [0.3, 0.4) is 0 Å². The molecule has 1 heterocycles. The van der Waals surface area contributed by atoms with Gasteiger partial charge in [0.1, 0.15) is 10.7 Å². The smallest absolute Gasteiger partial charge is 0.404 e. The lowest BCUT2D eigenvalue weighted by molar-refractivity contribution is -0.348. The summed E-state index contributed by atoms with van der Waals surface area (Å²) in [6, 6.07) is 4.20. The van der Waals surface area contributed by atoms with Crippen LogP contribution in [0, 0.1) is 25.2 Å². The minimum atomic E-state index is -6.25. The quantitative estimate of drug-likeness (QED) is 0.251. The molecule has 202 valence electrons. The fourth-order valence-corrected chi connectivity index (χ4v) is 3.82. The second kappa shape index (κ2) is 9.90. The average molecular weight is 562 g/mol. The molecule has 1 saturated carbocycles. The molecule has 0 spiro atoms. The first-order valence-electron chi connectivity index (χ1n) is 10.8. The fraction of sp³-hybridized carbons (Fsp3) is 0.333. The van der Waals surface area contributed by atoms with Crippen LogP contribution in [0.25, 0.3) is 5.57 Å². The van der Waals surface area contributed by atoms with Crippen LogP contribution >= 0.6 is 11.6 Å². The number of carbonyl (C=O) groups is 1. The van der Waals surface area contributed by atoms with Crippen LogP contribution in [0.4, 0.5) is 36.4 Å². The summed E-state index contributed by atoms with van der Waals surface area (Å²) < 4.78 is 93.5. The predicted octanol–water partition coefficient (Wildman–Crippen LogP) is 6.13. The zero-order valence-corrected chi connectivity index (χ0v) is 20.5. The number of amides is 1. The number of aliphatic imine (C=N–C) groups is 1. The topological polar surface area (TPSA) is 104 Å². The molecule has 0 bridgehead atoms. The van der Waals surface area contributed by atoms with Crippen molar-refractivity contribution < 1.29 is 35.5 Å². The van der Waals surface area contributed by atoms with E-state index in [-0.39, 0.29) is 38.7 Å². The van der Waals surface area contributed by atoms with Crippen LogP contribution in [-0.2, 0) is 5.67 Å². The standard InChI is InChI=1S/C24H19ClF7N5O/c1-12-5-16(22(26,23(27,28)29)24(30,31)32)6-13(2)18(12)35-10-15(8-33)14-7-17(19(25)36-9-14)20(38)37-21(11-34)3-4-21/h5-10H,3-4,33H2,1-2H3,(H,37,38). The largest absolute Gasteiger partial charge is 0.435 e. The van der Waals surface area contributed by atoms with Crippen molar-refractivity contribution in [3.8, 4) is 6.07 Å². The van der Waals surface area contributed by atoms with Gasteiger partial charge in [-0.15, -0.1) is 0 Å². The number of nitriles is 1. The van der Waals surface area contributed by atoms with Gasteiger partial charge in [-0.1, -0.05) is 23.7 Å². The Morgan fingerprint density at radius 3 is 2.13 bits per heavy atom. The molecule has 14 heteroatoms. The molecule has 3 N–H and O–H groups in total. The maximum absolute atomic E-state index is 14.5. The van der Waals surface area contributed by atoms with Crippen molar-refractivity contribution in [2.75, 3.05) is 0 Å². The van der Waals surface area contributed by atoms with E-state index in [1.807, 2.05) is 6.07 Å². The third-order valence-electron chi connectivity index (χ3n) is 5.92. The van der Waals surface area contributed by atoms with Crippen LogP contribution in [0.1, 0.15) is 45.5 Å². The number of nitrogens with zero attached hydrogens (tertiary/aromatic N) is 3. The summed E-state index contributed by atoms with van der Waals surface area (Å²) in [4.78, 5) is 20.7. The van der Waals surface area contributed by atoms with Crippen molar-refractivity contribution >= 4 is 35.0 Å². The Morgan fingerprint density at radius 2 is 1.68 bits per heavy atom. The minimum absolute atomic E-state index is 0.0237. The highest BCUT2D eigenvalue weighted by Crippen LogP contribution is 2.54. The first-order valence-corrected chi connectivity index (χ1v) is 11.2. The number of benzene rings is 1. The van der Waals surface area contributed by atoms with Crippen molar-refractivity contribution in [1.29, 1.82) is 5.26 Å². The molecule has 3 rings (SSSR count). The van der Waals surface area contributed by atoms with Gasteiger partial charge < -0.3 is 11.1 Å². The molecule has 1 aromatic carbocycles. The van der Waals surface area contributed by atoms with E-state index in [2.05, 4.69) is 15.3 Å². The molecule has 1 aliphatic carbocycles. The third-order valence-corrected chi connectivity index (χ3v) is 6.22. The van der Waals surface area contributed by atoms with Crippen molar-refractivity contribution in [2.45, 2.75) is 50.2 Å². The van der Waals surface area contributed by atoms with E-state index in [1.165, 1.54) is 26.1 Å². The van der Waals surface area contributed by atoms with Crippen molar-refractivity contribution in [2.24, 2.45) is 10.7 Å². The molecule has 0 aliphatic heterocycles. The number of aromatic nitrogens is 1. The van der Waals surface area contributed by atoms with Gasteiger partial charge in [-0.3, -0.25) is 9.79 Å². The van der Waals surface area contributed by atoms with Gasteiger partial charge in [0.15, 0.2) is 0 Å². The Morgan fingerprint density at radius 1 is 1.13 bits per heavy atom. The molecule has 0 atom stereocenters. The van der Waals surface area contributed by atoms with Crippen LogP contribution < -0.4 is 11.1 Å². The van der Waals surface area contributed by atoms with E-state index in [0.717, 1.165) is 12.4 Å². The van der Waals surface area contributed by atoms with E-state index in [0.29, 0.717) is 25.0 Å². The molecule has 1 aromatic heterocycles. The van der Waals surface area contributed by atoms with Crippen molar-refractivity contribution in [3.63, 3.8) is 0 Å². The van der Waals surface area contributed by atoms with Crippen LogP contribution in [0.5, 0.6) is 0 Å². The third kappa shape index (κ3) is 5.31. The second-order valence-corrected chi connectivity index (χ2v) is 9.06. The number of carbonyl (C=O) groups excluding carboxylic acids is 1. The normalized spacial score (nSPS) is 15.9. The highest BCUT2D eigenvalue weighted by atomic mass is 35.5. The molecule has 0 radical (unpaired) electrons. The Hall–Kier alpha value is -3.66. The summed E-state index contributed by atoms with van der Waals surface area (Å²) in [5.41, 5.74) is -2.50. The van der Waals surface area contributed by atoms with Crippen LogP contribution in [0.2, 0.25) is 5.15 Å². The second-order valence-electron chi connectivity index (χ2n) is 8.70. The van der Waals surface area contributed by atoms with Crippen LogP contribution in [-0.4, -0.2) is 35.0 Å². The molecule has 0 saturated heterocycles. The van der Waals surface area contributed by atoms with Gasteiger partial charge in [0.2, 0.25) is 0 Å². The SMILES string of the molecule is Cc1cc(C(F)(C(F)(F)F)C(F)(F)F)cc(C)c1N=CC(=CN)c1cnc(Cl)c(C(=O)NC2(C#N)CC2)c1. The van der Waals surface area contributed by atoms with E-state index in [1.54, 1.807) is 0 Å². The Kier molecular flexibility index (Phi) is 7.53. The minimum Gasteiger partial charge on any atom is -0.404 e. The Bertz CT molecular complexity index is 1330. The number of rotatable bonds is 6. The van der Waals surface area contributed by atoms with E-state index in [4.69, 9.17) is 17.3 Å². The average Bonchev–Trinajstić information content (AvgIpc) is 3.59. The number of nitrogens with one attached hydrogen (secondary N) is 1. The molecule has 0 unspecified atom stereocenters. The summed E-state index contributed by atoms with van der Waals surface area (Å²) in [5, 5.41) is 11.6. The van der Waals surface area contributed by atoms with E-state index < -0.39 is 35.0 Å². The number of allylic oxidation sites excluding steroid dienone is 1. The lowest BCUT2D eigenvalue weighted by Crippen LogP contribution is -2.50. The zero-order chi connectivity index (χ0) is 28.7. The van der Waals surface area contributed by atoms with Gasteiger partial charge in [0.25, 0.3) is 5.91 Å². The number of nitrogens with two attached hydrogens (primary N) is 1. The highest BCUT2D eigenvalue weighted by Gasteiger charge is 2.73. The maximum atomic E-state index is 14.5. The summed E-state index contributed by atoms with van der Waals surface area (Å²) in [7, 11) is 0. The van der Waals surface area contributed by atoms with Gasteiger partial charge in [-0.05, 0) is 43.9 Å². The molecule has 6 nitrogen and oxygen atoms in total. The lowest BCUT2D eigenvalue weighted by Gasteiger charge is -2.31. The van der Waals surface area contributed by atoms with Gasteiger partial charge in [-0.2, -0.15) is 31.6 Å². The maximum Gasteiger partial charge on any atom is 0.435 e. The first kappa shape index (κ1) is 28.9. The van der Waals surface area contributed by atoms with Gasteiger partial charge in [0, 0.05) is 35.3 Å². The molecule has 38 heavy (non-hydrogen) atoms. The molecule has 2 aromatic rings. The number of halogens is 8. The summed E-state index contributed by atoms with van der Waals surface area (Å²) in [6.07, 6.45) is -8.05. The number of aryl methyl sites for hydroxylation is 2. The molecular formula is C24H19ClF7N5O. The Labute approximate surface area is 217 Å². The number of hydrogen-bond acceptors (Lipinski definition) is 5. The number of hydrogen-bond donors (Lipinski definition) is 2. The lowest BCUT2D eigenvalue weighted by atomic mass is 9.90. The molecule has 1 amide bonds. The van der Waals surface area contributed by atoms with E-state index in [9.17, 15) is 40.8 Å². The molecule has 1 fully saturated rings. The summed E-state index contributed by atoms with van der Waals surface area (Å²) in [6.45, 7) is 2.36. The zero-order valence-electron chi connectivity index (χ0n) is 19.7. The van der Waals surface area contributed by atoms with Gasteiger partial charge in [-0.25, -0.2) is 9.37 Å². The number of pyridine rings is 1. The fourth-order valence-electron chi connectivity index (χ4n) is 3.63. The number of alkyl halides is 7. The summed E-state index contributed by atoms with van der Waals surface area (Å²) >= 11 is 6.03. The molecular weight excluding hydrogens is 543 g/mol. The monoisotopic (exact) mass is 561 g/mol. The highest BCUT2D eigenvalue weighted by molar-refractivity contribution is 6.32. The molecule has 1 aliphatic rings. The van der Waals surface area contributed by atoms with Gasteiger partial charge in [0.05, 0.1) is 17.3 Å². The van der Waals surface area contributed by atoms with Crippen LogP contribution in [0.15, 0.2) is 35.6 Å². The van der Waals surface area contributed by atoms with Crippen molar-refractivity contribution in [1.82, 2.24) is 10.3 Å².